The first-order chi connectivity index (χ1) is 28.5. The van der Waals surface area contributed by atoms with Gasteiger partial charge in [0.15, 0.2) is 0 Å². The fourth-order valence-electron chi connectivity index (χ4n) is 8.11. The zero-order valence-electron chi connectivity index (χ0n) is 37.5. The largest absolute Gasteiger partial charge is 0.444 e. The molecule has 1 unspecified atom stereocenters. The zero-order valence-corrected chi connectivity index (χ0v) is 37.5. The van der Waals surface area contributed by atoms with Crippen molar-refractivity contribution < 1.29 is 43.1 Å². The molecule has 4 aliphatic rings. The van der Waals surface area contributed by atoms with Crippen LogP contribution in [0, 0.1) is 16.2 Å². The minimum atomic E-state index is -1.21. The molecule has 0 bridgehead atoms. The number of ketones is 1. The summed E-state index contributed by atoms with van der Waals surface area (Å²) in [6.07, 6.45) is 2.48. The number of fused-ring (bicyclic) bond motifs is 1. The Morgan fingerprint density at radius 1 is 0.885 bits per heavy atom. The second-order valence-electron chi connectivity index (χ2n) is 20.3. The Kier molecular flexibility index (Phi) is 14.6. The number of Topliss-reactive ketones (excluding diaryl/α,β-unsaturated/α-hetero) is 1. The molecule has 61 heavy (non-hydrogen) atoms. The van der Waals surface area contributed by atoms with Crippen molar-refractivity contribution >= 4 is 47.4 Å². The number of hydrogen-bond acceptors (Lipinski definition) is 9. The van der Waals surface area contributed by atoms with Crippen molar-refractivity contribution in [1.29, 1.82) is 0 Å². The Morgan fingerprint density at radius 3 is 2.11 bits per heavy atom. The Hall–Kier alpha value is -5.02. The van der Waals surface area contributed by atoms with Crippen molar-refractivity contribution in [2.75, 3.05) is 19.6 Å². The summed E-state index contributed by atoms with van der Waals surface area (Å²) in [6.45, 7) is 17.1. The predicted octanol–water partition coefficient (Wildman–Crippen LogP) is 3.98. The van der Waals surface area contributed by atoms with Crippen LogP contribution in [0.3, 0.4) is 0 Å². The number of urea groups is 1. The van der Waals surface area contributed by atoms with Crippen LogP contribution in [-0.4, -0.2) is 118 Å². The number of hydrogen-bond donors (Lipinski definition) is 4. The first kappa shape index (κ1) is 47.0. The van der Waals surface area contributed by atoms with Gasteiger partial charge in [-0.25, -0.2) is 9.59 Å². The Bertz CT molecular complexity index is 1840. The summed E-state index contributed by atoms with van der Waals surface area (Å²) < 4.78 is 5.99. The smallest absolute Gasteiger partial charge is 0.410 e. The van der Waals surface area contributed by atoms with E-state index in [1.807, 2.05) is 65.8 Å². The first-order valence-electron chi connectivity index (χ1n) is 21.9. The van der Waals surface area contributed by atoms with E-state index in [-0.39, 0.29) is 56.6 Å². The summed E-state index contributed by atoms with van der Waals surface area (Å²) in [4.78, 5) is 113. The number of unbranched alkanes of at least 4 members (excludes halogenated alkanes) is 1. The van der Waals surface area contributed by atoms with Crippen LogP contribution in [0.15, 0.2) is 24.3 Å². The summed E-state index contributed by atoms with van der Waals surface area (Å²) in [5.41, 5.74) is 0.163. The van der Waals surface area contributed by atoms with Gasteiger partial charge in [-0.3, -0.25) is 33.7 Å². The van der Waals surface area contributed by atoms with Gasteiger partial charge in [0.05, 0.1) is 18.6 Å². The van der Waals surface area contributed by atoms with E-state index in [0.717, 1.165) is 24.0 Å². The van der Waals surface area contributed by atoms with Crippen molar-refractivity contribution in [1.82, 2.24) is 36.0 Å². The highest BCUT2D eigenvalue weighted by atomic mass is 16.6. The Balaban J connectivity index is 1.36. The third-order valence-corrected chi connectivity index (χ3v) is 12.1. The van der Waals surface area contributed by atoms with Gasteiger partial charge in [0.1, 0.15) is 18.2 Å². The molecule has 16 nitrogen and oxygen atoms in total. The minimum Gasteiger partial charge on any atom is -0.444 e. The monoisotopic (exact) mass is 850 g/mol. The maximum absolute atomic E-state index is 14.8. The number of nitrogens with zero attached hydrogens (tertiary/aromatic N) is 3. The second kappa shape index (κ2) is 18.9. The lowest BCUT2D eigenvalue weighted by atomic mass is 9.80. The molecular weight excluding hydrogens is 783 g/mol. The van der Waals surface area contributed by atoms with Gasteiger partial charge in [-0.2, -0.15) is 0 Å². The van der Waals surface area contributed by atoms with Crippen LogP contribution in [0.25, 0.3) is 0 Å². The van der Waals surface area contributed by atoms with E-state index >= 15 is 0 Å². The van der Waals surface area contributed by atoms with Gasteiger partial charge < -0.3 is 35.8 Å². The van der Waals surface area contributed by atoms with Crippen molar-refractivity contribution in [3.8, 4) is 0 Å². The van der Waals surface area contributed by atoms with E-state index < -0.39 is 82.1 Å². The average molecular weight is 850 g/mol. The lowest BCUT2D eigenvalue weighted by Gasteiger charge is -2.40. The summed E-state index contributed by atoms with van der Waals surface area (Å²) in [5, 5.41) is 11.2. The molecule has 1 saturated carbocycles. The highest BCUT2D eigenvalue weighted by Gasteiger charge is 2.48. The lowest BCUT2D eigenvalue weighted by molar-refractivity contribution is -0.153. The maximum atomic E-state index is 14.8. The molecule has 5 rings (SSSR count). The number of carbonyl (C=O) groups excluding carboxylic acids is 8. The molecule has 1 aromatic rings. The standard InChI is InChI=1S/C45H67N7O9/c1-10-11-16-31(36(55)39(57)46-29-17-18-29)47-38(56)32-21-30(61-42(60)50-20-19-27-14-12-13-15-28(27)24-50)25-51(32)40(58)37(44(5,6)7)49-41(59)48-33(43(2,3)4)26-52-34(53)22-45(8,9)23-35(52)54/h12-15,29-33,37H,10-11,16-26H2,1-9H3,(H,46,57)(H,47,56)(H2,48,49,59)/t30-,31?,32+,33-,37-/m1/s1. The van der Waals surface area contributed by atoms with Gasteiger partial charge in [-0.05, 0) is 53.1 Å². The molecule has 1 aromatic carbocycles. The number of amides is 8. The van der Waals surface area contributed by atoms with Gasteiger partial charge in [0.25, 0.3) is 5.91 Å². The van der Waals surface area contributed by atoms with Crippen LogP contribution in [0.5, 0.6) is 0 Å². The van der Waals surface area contributed by atoms with Crippen LogP contribution >= 0.6 is 0 Å². The third-order valence-electron chi connectivity index (χ3n) is 12.1. The first-order valence-corrected chi connectivity index (χ1v) is 21.9. The average Bonchev–Trinajstić information content (AvgIpc) is 3.89. The Labute approximate surface area is 360 Å². The van der Waals surface area contributed by atoms with Crippen molar-refractivity contribution in [3.63, 3.8) is 0 Å². The van der Waals surface area contributed by atoms with E-state index in [4.69, 9.17) is 4.74 Å². The van der Waals surface area contributed by atoms with Crippen LogP contribution in [-0.2, 0) is 46.5 Å². The molecule has 0 aromatic heterocycles. The molecule has 3 aliphatic heterocycles. The SMILES string of the molecule is CCCCC(NC(=O)[C@@H]1C[C@@H](OC(=O)N2CCc3ccccc3C2)CN1C(=O)[C@@H](NC(=O)N[C@H](CN1C(=O)CC(C)(C)CC1=O)C(C)(C)C)C(C)(C)C)C(=O)C(=O)NC1CC1. The molecule has 2 saturated heterocycles. The van der Waals surface area contributed by atoms with Gasteiger partial charge >= 0.3 is 12.1 Å². The molecule has 0 radical (unpaired) electrons. The molecule has 8 amide bonds. The van der Waals surface area contributed by atoms with Gasteiger partial charge in [0, 0.05) is 44.9 Å². The van der Waals surface area contributed by atoms with E-state index in [1.165, 1.54) is 9.80 Å². The fraction of sp³-hybridized carbons (Fsp3) is 0.689. The number of carbonyl (C=O) groups is 8. The molecule has 5 atom stereocenters. The molecule has 4 N–H and O–H groups in total. The molecule has 3 heterocycles. The zero-order chi connectivity index (χ0) is 45.0. The molecule has 3 fully saturated rings. The molecule has 1 aliphatic carbocycles. The van der Waals surface area contributed by atoms with Crippen LogP contribution < -0.4 is 21.3 Å². The summed E-state index contributed by atoms with van der Waals surface area (Å²) in [5.74, 6) is -3.48. The second-order valence-corrected chi connectivity index (χ2v) is 20.3. The number of ether oxygens (including phenoxy) is 1. The summed E-state index contributed by atoms with van der Waals surface area (Å²) in [6, 6.07) is 2.81. The van der Waals surface area contributed by atoms with Crippen molar-refractivity contribution in [3.05, 3.63) is 35.4 Å². The fourth-order valence-corrected chi connectivity index (χ4v) is 8.11. The summed E-state index contributed by atoms with van der Waals surface area (Å²) in [7, 11) is 0. The molecule has 16 heteroatoms. The number of likely N-dealkylation sites (tertiary alicyclic amines) is 2. The van der Waals surface area contributed by atoms with Crippen LogP contribution in [0.4, 0.5) is 9.59 Å². The number of imide groups is 1. The van der Waals surface area contributed by atoms with Gasteiger partial charge in [0.2, 0.25) is 29.4 Å². The number of piperidine rings is 1. The normalized spacial score (nSPS) is 21.8. The van der Waals surface area contributed by atoms with Crippen molar-refractivity contribution in [2.45, 2.75) is 163 Å². The third kappa shape index (κ3) is 12.3. The van der Waals surface area contributed by atoms with E-state index in [0.29, 0.717) is 32.4 Å². The Morgan fingerprint density at radius 2 is 1.52 bits per heavy atom. The van der Waals surface area contributed by atoms with E-state index in [2.05, 4.69) is 21.3 Å². The van der Waals surface area contributed by atoms with Gasteiger partial charge in [-0.15, -0.1) is 0 Å². The highest BCUT2D eigenvalue weighted by Crippen LogP contribution is 2.33. The predicted molar refractivity (Wildman–Crippen MR) is 226 cm³/mol. The van der Waals surface area contributed by atoms with E-state index in [9.17, 15) is 38.4 Å². The van der Waals surface area contributed by atoms with Crippen LogP contribution in [0.1, 0.15) is 125 Å². The highest BCUT2D eigenvalue weighted by molar-refractivity contribution is 6.38. The summed E-state index contributed by atoms with van der Waals surface area (Å²) >= 11 is 0. The number of nitrogens with one attached hydrogen (secondary N) is 4. The lowest BCUT2D eigenvalue weighted by Crippen LogP contribution is -2.62. The molecule has 336 valence electrons. The van der Waals surface area contributed by atoms with Crippen LogP contribution in [0.2, 0.25) is 0 Å². The maximum Gasteiger partial charge on any atom is 0.410 e. The topological polar surface area (TPSA) is 204 Å². The minimum absolute atomic E-state index is 0.0561. The molecular formula is C45H67N7O9. The van der Waals surface area contributed by atoms with Crippen molar-refractivity contribution in [2.24, 2.45) is 16.2 Å². The van der Waals surface area contributed by atoms with Gasteiger partial charge in [-0.1, -0.05) is 99.4 Å². The quantitative estimate of drug-likeness (QED) is 0.158. The molecule has 0 spiro atoms. The van der Waals surface area contributed by atoms with E-state index in [1.54, 1.807) is 25.7 Å². The number of rotatable bonds is 14. The number of benzene rings is 1.